The Hall–Kier alpha value is -1.05. The first-order valence-corrected chi connectivity index (χ1v) is 7.10. The maximum atomic E-state index is 9.25. The first-order chi connectivity index (χ1) is 8.76. The van der Waals surface area contributed by atoms with E-state index in [1.165, 1.54) is 6.42 Å². The van der Waals surface area contributed by atoms with E-state index in [9.17, 15) is 5.26 Å². The molecular formula is C14H17BrN2O. The molecule has 1 heterocycles. The lowest BCUT2D eigenvalue weighted by Gasteiger charge is -2.34. The smallest absolute Gasteiger partial charge is 0.103 e. The summed E-state index contributed by atoms with van der Waals surface area (Å²) in [6, 6.07) is 8.14. The summed E-state index contributed by atoms with van der Waals surface area (Å²) in [6.45, 7) is 2.18. The van der Waals surface area contributed by atoms with Crippen molar-refractivity contribution in [3.8, 4) is 6.07 Å². The Morgan fingerprint density at radius 1 is 1.50 bits per heavy atom. The summed E-state index contributed by atoms with van der Waals surface area (Å²) >= 11 is 3.43. The van der Waals surface area contributed by atoms with Crippen molar-refractivity contribution in [1.82, 2.24) is 0 Å². The first-order valence-electron chi connectivity index (χ1n) is 6.30. The van der Waals surface area contributed by atoms with Gasteiger partial charge in [-0.25, -0.2) is 0 Å². The molecule has 0 aromatic heterocycles. The Bertz CT molecular complexity index is 454. The second-order valence-electron chi connectivity index (χ2n) is 4.71. The van der Waals surface area contributed by atoms with E-state index in [-0.39, 0.29) is 6.61 Å². The van der Waals surface area contributed by atoms with Crippen LogP contribution in [-0.2, 0) is 0 Å². The van der Waals surface area contributed by atoms with E-state index in [0.29, 0.717) is 11.5 Å². The number of rotatable bonds is 3. The molecule has 0 radical (unpaired) electrons. The van der Waals surface area contributed by atoms with Crippen LogP contribution in [0.25, 0.3) is 0 Å². The number of aliphatic hydroxyl groups excluding tert-OH is 1. The number of aliphatic hydroxyl groups is 1. The molecule has 3 nitrogen and oxygen atoms in total. The molecule has 1 aliphatic heterocycles. The molecule has 4 heteroatoms. The van der Waals surface area contributed by atoms with Gasteiger partial charge in [0.2, 0.25) is 0 Å². The van der Waals surface area contributed by atoms with Gasteiger partial charge >= 0.3 is 0 Å². The molecule has 0 saturated carbocycles. The Morgan fingerprint density at radius 3 is 3.06 bits per heavy atom. The van der Waals surface area contributed by atoms with Gasteiger partial charge in [0, 0.05) is 24.2 Å². The van der Waals surface area contributed by atoms with Gasteiger partial charge in [0.05, 0.1) is 11.3 Å². The zero-order valence-corrected chi connectivity index (χ0v) is 11.9. The summed E-state index contributed by atoms with van der Waals surface area (Å²) in [5.74, 6) is 0.536. The van der Waals surface area contributed by atoms with Crippen LogP contribution in [0.1, 0.15) is 24.8 Å². The van der Waals surface area contributed by atoms with Crippen LogP contribution in [-0.4, -0.2) is 24.8 Å². The number of hydrogen-bond acceptors (Lipinski definition) is 3. The standard InChI is InChI=1S/C14H17BrN2O/c15-13-4-1-5-14(12(13)9-16)17-7-2-3-11(10-17)6-8-18/h1,4-5,11,18H,2-3,6-8,10H2. The average Bonchev–Trinajstić information content (AvgIpc) is 2.39. The summed E-state index contributed by atoms with van der Waals surface area (Å²) in [5, 5.41) is 18.3. The molecule has 1 aromatic rings. The van der Waals surface area contributed by atoms with E-state index in [4.69, 9.17) is 5.11 Å². The number of halogens is 1. The number of piperidine rings is 1. The summed E-state index contributed by atoms with van der Waals surface area (Å²) in [6.07, 6.45) is 3.15. The van der Waals surface area contributed by atoms with Gasteiger partial charge in [-0.15, -0.1) is 0 Å². The van der Waals surface area contributed by atoms with Crippen molar-refractivity contribution in [2.24, 2.45) is 5.92 Å². The van der Waals surface area contributed by atoms with Crippen LogP contribution in [0.3, 0.4) is 0 Å². The van der Waals surface area contributed by atoms with Gasteiger partial charge in [-0.1, -0.05) is 6.07 Å². The molecule has 1 saturated heterocycles. The van der Waals surface area contributed by atoms with Crippen LogP contribution in [0.2, 0.25) is 0 Å². The third-order valence-corrected chi connectivity index (χ3v) is 4.16. The lowest BCUT2D eigenvalue weighted by Crippen LogP contribution is -2.36. The van der Waals surface area contributed by atoms with Crippen molar-refractivity contribution in [1.29, 1.82) is 5.26 Å². The summed E-state index contributed by atoms with van der Waals surface area (Å²) in [5.41, 5.74) is 1.72. The Balaban J connectivity index is 2.21. The van der Waals surface area contributed by atoms with Crippen LogP contribution >= 0.6 is 15.9 Å². The largest absolute Gasteiger partial charge is 0.396 e. The molecule has 1 fully saturated rings. The molecule has 1 N–H and O–H groups in total. The van der Waals surface area contributed by atoms with Crippen molar-refractivity contribution < 1.29 is 5.11 Å². The third kappa shape index (κ3) is 2.85. The number of hydrogen-bond donors (Lipinski definition) is 1. The van der Waals surface area contributed by atoms with Crippen LogP contribution in [0.4, 0.5) is 5.69 Å². The van der Waals surface area contributed by atoms with Gasteiger partial charge < -0.3 is 10.0 Å². The Labute approximate surface area is 116 Å². The van der Waals surface area contributed by atoms with Crippen molar-refractivity contribution in [2.75, 3.05) is 24.6 Å². The number of nitrogens with zero attached hydrogens (tertiary/aromatic N) is 2. The molecule has 1 atom stereocenters. The lowest BCUT2D eigenvalue weighted by atomic mass is 9.94. The average molecular weight is 309 g/mol. The summed E-state index contributed by atoms with van der Waals surface area (Å²) in [7, 11) is 0. The van der Waals surface area contributed by atoms with E-state index in [1.54, 1.807) is 0 Å². The maximum absolute atomic E-state index is 9.25. The van der Waals surface area contributed by atoms with E-state index in [2.05, 4.69) is 26.9 Å². The van der Waals surface area contributed by atoms with Crippen LogP contribution in [0.15, 0.2) is 22.7 Å². The van der Waals surface area contributed by atoms with Crippen molar-refractivity contribution >= 4 is 21.6 Å². The van der Waals surface area contributed by atoms with Gasteiger partial charge in [0.25, 0.3) is 0 Å². The maximum Gasteiger partial charge on any atom is 0.103 e. The fourth-order valence-corrected chi connectivity index (χ4v) is 3.03. The van der Waals surface area contributed by atoms with Gasteiger partial charge in [-0.2, -0.15) is 5.26 Å². The SMILES string of the molecule is N#Cc1c(Br)cccc1N1CCCC(CCO)C1. The van der Waals surface area contributed by atoms with Crippen LogP contribution in [0, 0.1) is 17.2 Å². The van der Waals surface area contributed by atoms with E-state index in [1.807, 2.05) is 18.2 Å². The minimum atomic E-state index is 0.252. The number of benzene rings is 1. The third-order valence-electron chi connectivity index (χ3n) is 3.50. The van der Waals surface area contributed by atoms with Crippen molar-refractivity contribution in [3.63, 3.8) is 0 Å². The fraction of sp³-hybridized carbons (Fsp3) is 0.500. The summed E-state index contributed by atoms with van der Waals surface area (Å²) < 4.78 is 0.854. The van der Waals surface area contributed by atoms with Crippen LogP contribution in [0.5, 0.6) is 0 Å². The summed E-state index contributed by atoms with van der Waals surface area (Å²) in [4.78, 5) is 2.27. The molecule has 18 heavy (non-hydrogen) atoms. The predicted octanol–water partition coefficient (Wildman–Crippen LogP) is 2.92. The molecule has 0 spiro atoms. The zero-order valence-electron chi connectivity index (χ0n) is 10.3. The van der Waals surface area contributed by atoms with E-state index < -0.39 is 0 Å². The number of nitriles is 1. The molecule has 1 unspecified atom stereocenters. The minimum Gasteiger partial charge on any atom is -0.396 e. The highest BCUT2D eigenvalue weighted by molar-refractivity contribution is 9.10. The van der Waals surface area contributed by atoms with Crippen LogP contribution < -0.4 is 4.90 Å². The van der Waals surface area contributed by atoms with Gasteiger partial charge in [-0.3, -0.25) is 0 Å². The minimum absolute atomic E-state index is 0.252. The normalized spacial score (nSPS) is 19.6. The topological polar surface area (TPSA) is 47.3 Å². The fourth-order valence-electron chi connectivity index (χ4n) is 2.59. The highest BCUT2D eigenvalue weighted by atomic mass is 79.9. The van der Waals surface area contributed by atoms with Gasteiger partial charge in [0.15, 0.2) is 0 Å². The highest BCUT2D eigenvalue weighted by Crippen LogP contribution is 2.31. The Kier molecular flexibility index (Phi) is 4.62. The molecular weight excluding hydrogens is 292 g/mol. The quantitative estimate of drug-likeness (QED) is 0.934. The molecule has 0 amide bonds. The molecule has 96 valence electrons. The number of anilines is 1. The second kappa shape index (κ2) is 6.21. The zero-order chi connectivity index (χ0) is 13.0. The van der Waals surface area contributed by atoms with E-state index >= 15 is 0 Å². The lowest BCUT2D eigenvalue weighted by molar-refractivity contribution is 0.244. The molecule has 1 aromatic carbocycles. The predicted molar refractivity (Wildman–Crippen MR) is 75.5 cm³/mol. The Morgan fingerprint density at radius 2 is 2.33 bits per heavy atom. The molecule has 1 aliphatic rings. The van der Waals surface area contributed by atoms with E-state index in [0.717, 1.165) is 36.1 Å². The monoisotopic (exact) mass is 308 g/mol. The second-order valence-corrected chi connectivity index (χ2v) is 5.57. The van der Waals surface area contributed by atoms with Crippen molar-refractivity contribution in [2.45, 2.75) is 19.3 Å². The first kappa shape index (κ1) is 13.4. The highest BCUT2D eigenvalue weighted by Gasteiger charge is 2.22. The van der Waals surface area contributed by atoms with Gasteiger partial charge in [-0.05, 0) is 53.2 Å². The molecule has 0 bridgehead atoms. The van der Waals surface area contributed by atoms with Gasteiger partial charge in [0.1, 0.15) is 6.07 Å². The molecule has 2 rings (SSSR count). The van der Waals surface area contributed by atoms with Crippen molar-refractivity contribution in [3.05, 3.63) is 28.2 Å². The molecule has 0 aliphatic carbocycles.